The van der Waals surface area contributed by atoms with Crippen molar-refractivity contribution in [2.75, 3.05) is 6.61 Å². The molecule has 0 aromatic carbocycles. The lowest BCUT2D eigenvalue weighted by atomic mass is 10.0. The van der Waals surface area contributed by atoms with Crippen molar-refractivity contribution in [2.24, 2.45) is 0 Å². The fourth-order valence-corrected chi connectivity index (χ4v) is 7.94. The lowest BCUT2D eigenvalue weighted by Crippen LogP contribution is -2.46. The predicted octanol–water partition coefficient (Wildman–Crippen LogP) is 14.2. The first kappa shape index (κ1) is 52.3. The molecular weight excluding hydrogens is 655 g/mol. The molecule has 5 heteroatoms. The van der Waals surface area contributed by atoms with E-state index in [1.54, 1.807) is 0 Å². The van der Waals surface area contributed by atoms with Gasteiger partial charge < -0.3 is 20.6 Å². The van der Waals surface area contributed by atoms with Gasteiger partial charge in [-0.2, -0.15) is 0 Å². The number of amides is 1. The van der Waals surface area contributed by atoms with Gasteiger partial charge in [-0.25, -0.2) is 0 Å². The van der Waals surface area contributed by atoms with Gasteiger partial charge in [0.2, 0.25) is 5.91 Å². The zero-order valence-electron chi connectivity index (χ0n) is 36.2. The molecule has 0 aromatic heterocycles. The molecule has 53 heavy (non-hydrogen) atoms. The Morgan fingerprint density at radius 1 is 0.396 bits per heavy atom. The van der Waals surface area contributed by atoms with Crippen LogP contribution in [0.25, 0.3) is 0 Å². The van der Waals surface area contributed by atoms with Crippen LogP contribution in [0, 0.1) is 0 Å². The molecule has 0 bridgehead atoms. The molecule has 0 aliphatic heterocycles. The molecule has 0 radical (unpaired) electrons. The molecule has 0 fully saturated rings. The van der Waals surface area contributed by atoms with Crippen LogP contribution in [-0.4, -0.2) is 46.1 Å². The standard InChI is InChI=1S/C48H97NO4/c1-3-5-7-9-11-13-15-17-18-19-20-21-22-23-24-25-26-27-28-29-30-31-33-35-37-39-41-45(51)43-48(53)49-46(44-50)47(52)42-40-38-36-34-32-16-14-12-10-8-6-4-2/h45-47,50-52H,3-44H2,1-2H3,(H,49,53). The summed E-state index contributed by atoms with van der Waals surface area (Å²) in [6, 6.07) is -0.652. The Labute approximate surface area is 332 Å². The highest BCUT2D eigenvalue weighted by Gasteiger charge is 2.21. The van der Waals surface area contributed by atoms with Gasteiger partial charge in [-0.15, -0.1) is 0 Å². The van der Waals surface area contributed by atoms with Crippen LogP contribution in [0.1, 0.15) is 277 Å². The normalized spacial score (nSPS) is 13.4. The summed E-state index contributed by atoms with van der Waals surface area (Å²) in [4.78, 5) is 12.5. The zero-order valence-corrected chi connectivity index (χ0v) is 36.2. The van der Waals surface area contributed by atoms with Crippen LogP contribution < -0.4 is 5.32 Å². The topological polar surface area (TPSA) is 89.8 Å². The summed E-state index contributed by atoms with van der Waals surface area (Å²) in [5.41, 5.74) is 0. The van der Waals surface area contributed by atoms with Crippen LogP contribution in [0.4, 0.5) is 0 Å². The summed E-state index contributed by atoms with van der Waals surface area (Å²) in [7, 11) is 0. The molecular formula is C48H97NO4. The van der Waals surface area contributed by atoms with Crippen LogP contribution in [-0.2, 0) is 4.79 Å². The first-order chi connectivity index (χ1) is 26.0. The molecule has 1 amide bonds. The number of unbranched alkanes of at least 4 members (excludes halogenated alkanes) is 36. The van der Waals surface area contributed by atoms with Gasteiger partial charge in [0.25, 0.3) is 0 Å². The van der Waals surface area contributed by atoms with Crippen molar-refractivity contribution in [3.05, 3.63) is 0 Å². The largest absolute Gasteiger partial charge is 0.394 e. The second-order valence-electron chi connectivity index (χ2n) is 17.1. The molecule has 3 atom stereocenters. The molecule has 0 saturated heterocycles. The van der Waals surface area contributed by atoms with Gasteiger partial charge in [0.1, 0.15) is 0 Å². The van der Waals surface area contributed by atoms with Crippen molar-refractivity contribution in [2.45, 2.75) is 295 Å². The van der Waals surface area contributed by atoms with Gasteiger partial charge in [-0.3, -0.25) is 4.79 Å². The lowest BCUT2D eigenvalue weighted by molar-refractivity contribution is -0.125. The number of hydrogen-bond donors (Lipinski definition) is 4. The van der Waals surface area contributed by atoms with E-state index in [4.69, 9.17) is 0 Å². The Balaban J connectivity index is 3.48. The summed E-state index contributed by atoms with van der Waals surface area (Å²) >= 11 is 0. The van der Waals surface area contributed by atoms with E-state index in [0.717, 1.165) is 25.7 Å². The third kappa shape index (κ3) is 40.8. The minimum absolute atomic E-state index is 0.0429. The molecule has 0 spiro atoms. The van der Waals surface area contributed by atoms with E-state index in [-0.39, 0.29) is 18.9 Å². The van der Waals surface area contributed by atoms with E-state index in [9.17, 15) is 20.1 Å². The molecule has 3 unspecified atom stereocenters. The lowest BCUT2D eigenvalue weighted by Gasteiger charge is -2.23. The summed E-state index contributed by atoms with van der Waals surface area (Å²) in [5.74, 6) is -0.278. The van der Waals surface area contributed by atoms with Crippen LogP contribution in [0.15, 0.2) is 0 Å². The van der Waals surface area contributed by atoms with Crippen LogP contribution in [0.2, 0.25) is 0 Å². The Kier molecular flexibility index (Phi) is 43.5. The Hall–Kier alpha value is -0.650. The summed E-state index contributed by atoms with van der Waals surface area (Å²) in [6.07, 6.45) is 51.0. The molecule has 4 N–H and O–H groups in total. The summed E-state index contributed by atoms with van der Waals surface area (Å²) in [6.45, 7) is 4.28. The third-order valence-corrected chi connectivity index (χ3v) is 11.7. The molecule has 5 nitrogen and oxygen atoms in total. The number of carbonyl (C=O) groups excluding carboxylic acids is 1. The number of rotatable bonds is 45. The highest BCUT2D eigenvalue weighted by Crippen LogP contribution is 2.18. The van der Waals surface area contributed by atoms with Gasteiger partial charge in [-0.05, 0) is 12.8 Å². The molecule has 0 heterocycles. The van der Waals surface area contributed by atoms with E-state index in [0.29, 0.717) is 12.8 Å². The average Bonchev–Trinajstić information content (AvgIpc) is 3.15. The molecule has 0 aliphatic carbocycles. The molecule has 0 aromatic rings. The highest BCUT2D eigenvalue weighted by atomic mass is 16.3. The monoisotopic (exact) mass is 752 g/mol. The zero-order chi connectivity index (χ0) is 38.7. The number of aliphatic hydroxyl groups excluding tert-OH is 3. The van der Waals surface area contributed by atoms with E-state index in [1.165, 1.54) is 218 Å². The second-order valence-corrected chi connectivity index (χ2v) is 17.1. The maximum Gasteiger partial charge on any atom is 0.222 e. The number of hydrogen-bond acceptors (Lipinski definition) is 4. The van der Waals surface area contributed by atoms with Gasteiger partial charge >= 0.3 is 0 Å². The van der Waals surface area contributed by atoms with Crippen LogP contribution in [0.3, 0.4) is 0 Å². The smallest absolute Gasteiger partial charge is 0.222 e. The highest BCUT2D eigenvalue weighted by molar-refractivity contribution is 5.76. The van der Waals surface area contributed by atoms with Crippen LogP contribution in [0.5, 0.6) is 0 Å². The van der Waals surface area contributed by atoms with E-state index >= 15 is 0 Å². The van der Waals surface area contributed by atoms with Crippen molar-refractivity contribution < 1.29 is 20.1 Å². The number of carbonyl (C=O) groups is 1. The maximum atomic E-state index is 12.5. The first-order valence-corrected chi connectivity index (χ1v) is 24.3. The molecule has 0 aliphatic rings. The Morgan fingerprint density at radius 3 is 0.906 bits per heavy atom. The Morgan fingerprint density at radius 2 is 0.642 bits per heavy atom. The Bertz CT molecular complexity index is 703. The van der Waals surface area contributed by atoms with Crippen molar-refractivity contribution in [1.29, 1.82) is 0 Å². The third-order valence-electron chi connectivity index (χ3n) is 11.7. The van der Waals surface area contributed by atoms with Crippen LogP contribution >= 0.6 is 0 Å². The minimum Gasteiger partial charge on any atom is -0.394 e. The predicted molar refractivity (Wildman–Crippen MR) is 232 cm³/mol. The van der Waals surface area contributed by atoms with Crippen molar-refractivity contribution in [3.8, 4) is 0 Å². The fourth-order valence-electron chi connectivity index (χ4n) is 7.94. The van der Waals surface area contributed by atoms with E-state index < -0.39 is 18.2 Å². The second kappa shape index (κ2) is 44.1. The first-order valence-electron chi connectivity index (χ1n) is 24.3. The SMILES string of the molecule is CCCCCCCCCCCCCCCCCCCCCCCCCCCCC(O)CC(=O)NC(CO)C(O)CCCCCCCCCCCCCC. The molecule has 0 rings (SSSR count). The summed E-state index contributed by atoms with van der Waals surface area (Å²) < 4.78 is 0. The summed E-state index contributed by atoms with van der Waals surface area (Å²) in [5, 5.41) is 33.4. The van der Waals surface area contributed by atoms with E-state index in [2.05, 4.69) is 19.2 Å². The van der Waals surface area contributed by atoms with Gasteiger partial charge in [-0.1, -0.05) is 258 Å². The van der Waals surface area contributed by atoms with Gasteiger partial charge in [0.05, 0.1) is 31.3 Å². The quantitative estimate of drug-likeness (QED) is 0.0466. The fraction of sp³-hybridized carbons (Fsp3) is 0.979. The average molecular weight is 752 g/mol. The molecule has 318 valence electrons. The minimum atomic E-state index is -0.743. The van der Waals surface area contributed by atoms with Gasteiger partial charge in [0.15, 0.2) is 0 Å². The molecule has 0 saturated carbocycles. The van der Waals surface area contributed by atoms with Gasteiger partial charge in [0, 0.05) is 0 Å². The van der Waals surface area contributed by atoms with Crippen molar-refractivity contribution in [3.63, 3.8) is 0 Å². The van der Waals surface area contributed by atoms with Crippen molar-refractivity contribution >= 4 is 5.91 Å². The maximum absolute atomic E-state index is 12.5. The number of nitrogens with one attached hydrogen (secondary N) is 1. The van der Waals surface area contributed by atoms with Crippen molar-refractivity contribution in [1.82, 2.24) is 5.32 Å². The number of aliphatic hydroxyl groups is 3. The van der Waals surface area contributed by atoms with E-state index in [1.807, 2.05) is 0 Å².